The Morgan fingerprint density at radius 3 is 2.67 bits per heavy atom. The quantitative estimate of drug-likeness (QED) is 0.696. The number of aromatic nitrogens is 1. The van der Waals surface area contributed by atoms with Gasteiger partial charge in [0.25, 0.3) is 0 Å². The topological polar surface area (TPSA) is 4.93 Å². The standard InChI is InChI=1S/C14H17N/c1-3-11-12-6-4-5-7-13(12)15(2)14(11)10-8-9-10/h4-7,10H,3,8-9H2,1-2H3. The van der Waals surface area contributed by atoms with Gasteiger partial charge in [-0.15, -0.1) is 0 Å². The van der Waals surface area contributed by atoms with Gasteiger partial charge >= 0.3 is 0 Å². The zero-order valence-electron chi connectivity index (χ0n) is 9.46. The molecule has 15 heavy (non-hydrogen) atoms. The second-order valence-corrected chi connectivity index (χ2v) is 4.57. The van der Waals surface area contributed by atoms with E-state index in [9.17, 15) is 0 Å². The van der Waals surface area contributed by atoms with Crippen molar-refractivity contribution in [3.8, 4) is 0 Å². The number of hydrogen-bond donors (Lipinski definition) is 0. The van der Waals surface area contributed by atoms with Crippen LogP contribution in [0.15, 0.2) is 24.3 Å². The van der Waals surface area contributed by atoms with Crippen molar-refractivity contribution < 1.29 is 0 Å². The maximum Gasteiger partial charge on any atom is 0.0482 e. The van der Waals surface area contributed by atoms with Crippen molar-refractivity contribution in [3.05, 3.63) is 35.5 Å². The molecule has 1 aromatic carbocycles. The molecule has 1 nitrogen and oxygen atoms in total. The van der Waals surface area contributed by atoms with Crippen LogP contribution in [-0.4, -0.2) is 4.57 Å². The van der Waals surface area contributed by atoms with Gasteiger partial charge in [0.1, 0.15) is 0 Å². The fourth-order valence-electron chi connectivity index (χ4n) is 2.74. The zero-order chi connectivity index (χ0) is 10.4. The van der Waals surface area contributed by atoms with Gasteiger partial charge in [0.2, 0.25) is 0 Å². The van der Waals surface area contributed by atoms with Crippen LogP contribution in [0.2, 0.25) is 0 Å². The van der Waals surface area contributed by atoms with Gasteiger partial charge in [-0.05, 0) is 36.8 Å². The minimum Gasteiger partial charge on any atom is -0.347 e. The maximum atomic E-state index is 2.41. The summed E-state index contributed by atoms with van der Waals surface area (Å²) in [5, 5.41) is 1.46. The molecule has 1 heterocycles. The fourth-order valence-corrected chi connectivity index (χ4v) is 2.74. The van der Waals surface area contributed by atoms with Crippen molar-refractivity contribution in [2.75, 3.05) is 0 Å². The number of hydrogen-bond acceptors (Lipinski definition) is 0. The number of fused-ring (bicyclic) bond motifs is 1. The van der Waals surface area contributed by atoms with Crippen molar-refractivity contribution in [2.24, 2.45) is 7.05 Å². The molecule has 1 aliphatic rings. The summed E-state index contributed by atoms with van der Waals surface area (Å²) in [5.74, 6) is 0.845. The largest absolute Gasteiger partial charge is 0.347 e. The van der Waals surface area contributed by atoms with Crippen LogP contribution in [0, 0.1) is 0 Å². The second kappa shape index (κ2) is 3.13. The lowest BCUT2D eigenvalue weighted by Crippen LogP contribution is -1.96. The Morgan fingerprint density at radius 2 is 2.00 bits per heavy atom. The van der Waals surface area contributed by atoms with E-state index >= 15 is 0 Å². The third kappa shape index (κ3) is 1.22. The first-order chi connectivity index (χ1) is 7.33. The van der Waals surface area contributed by atoms with Crippen molar-refractivity contribution in [1.29, 1.82) is 0 Å². The summed E-state index contributed by atoms with van der Waals surface area (Å²) in [4.78, 5) is 0. The van der Waals surface area contributed by atoms with E-state index in [1.54, 1.807) is 11.3 Å². The monoisotopic (exact) mass is 199 g/mol. The van der Waals surface area contributed by atoms with Crippen molar-refractivity contribution >= 4 is 10.9 Å². The Morgan fingerprint density at radius 1 is 1.27 bits per heavy atom. The van der Waals surface area contributed by atoms with Crippen LogP contribution in [0.5, 0.6) is 0 Å². The van der Waals surface area contributed by atoms with Gasteiger partial charge in [0.15, 0.2) is 0 Å². The summed E-state index contributed by atoms with van der Waals surface area (Å²) in [6.07, 6.45) is 3.93. The maximum absolute atomic E-state index is 2.41. The van der Waals surface area contributed by atoms with E-state index in [0.29, 0.717) is 0 Å². The van der Waals surface area contributed by atoms with Crippen molar-refractivity contribution in [1.82, 2.24) is 4.57 Å². The van der Waals surface area contributed by atoms with Crippen molar-refractivity contribution in [3.63, 3.8) is 0 Å². The van der Waals surface area contributed by atoms with Crippen LogP contribution < -0.4 is 0 Å². The highest BCUT2D eigenvalue weighted by molar-refractivity contribution is 5.85. The van der Waals surface area contributed by atoms with Gasteiger partial charge in [-0.2, -0.15) is 0 Å². The Bertz CT molecular complexity index is 503. The third-order valence-electron chi connectivity index (χ3n) is 3.58. The normalized spacial score (nSPS) is 16.1. The smallest absolute Gasteiger partial charge is 0.0482 e. The molecule has 0 aliphatic heterocycles. The van der Waals surface area contributed by atoms with E-state index in [1.807, 2.05) is 0 Å². The average Bonchev–Trinajstić information content (AvgIpc) is 3.05. The Kier molecular flexibility index (Phi) is 1.88. The highest BCUT2D eigenvalue weighted by Gasteiger charge is 2.29. The van der Waals surface area contributed by atoms with Gasteiger partial charge in [0, 0.05) is 23.6 Å². The molecule has 1 aliphatic carbocycles. The molecule has 0 N–H and O–H groups in total. The SMILES string of the molecule is CCc1c(C2CC2)n(C)c2ccccc12. The first-order valence-electron chi connectivity index (χ1n) is 5.89. The summed E-state index contributed by atoms with van der Waals surface area (Å²) in [5.41, 5.74) is 4.57. The van der Waals surface area contributed by atoms with Gasteiger partial charge in [-0.25, -0.2) is 0 Å². The predicted molar refractivity (Wildman–Crippen MR) is 64.3 cm³/mol. The molecule has 1 fully saturated rings. The summed E-state index contributed by atoms with van der Waals surface area (Å²) >= 11 is 0. The summed E-state index contributed by atoms with van der Waals surface area (Å²) in [6, 6.07) is 8.79. The van der Waals surface area contributed by atoms with Crippen LogP contribution in [0.4, 0.5) is 0 Å². The minimum atomic E-state index is 0.845. The molecule has 1 heteroatoms. The molecule has 0 radical (unpaired) electrons. The Hall–Kier alpha value is -1.24. The zero-order valence-corrected chi connectivity index (χ0v) is 9.46. The molecular formula is C14H17N. The molecular weight excluding hydrogens is 182 g/mol. The number of aryl methyl sites for hydroxylation is 2. The summed E-state index contributed by atoms with van der Waals surface area (Å²) in [6.45, 7) is 2.27. The van der Waals surface area contributed by atoms with E-state index in [4.69, 9.17) is 0 Å². The molecule has 1 aromatic heterocycles. The van der Waals surface area contributed by atoms with Gasteiger partial charge in [-0.1, -0.05) is 25.1 Å². The minimum absolute atomic E-state index is 0.845. The number of nitrogens with zero attached hydrogens (tertiary/aromatic N) is 1. The Labute approximate surface area is 90.7 Å². The fraction of sp³-hybridized carbons (Fsp3) is 0.429. The molecule has 1 saturated carbocycles. The molecule has 0 saturated heterocycles. The Balaban J connectivity index is 2.36. The number of benzene rings is 1. The number of para-hydroxylation sites is 1. The van der Waals surface area contributed by atoms with Gasteiger partial charge < -0.3 is 4.57 Å². The van der Waals surface area contributed by atoms with E-state index < -0.39 is 0 Å². The summed E-state index contributed by atoms with van der Waals surface area (Å²) in [7, 11) is 2.22. The van der Waals surface area contributed by atoms with Crippen LogP contribution in [0.25, 0.3) is 10.9 Å². The van der Waals surface area contributed by atoms with Gasteiger partial charge in [-0.3, -0.25) is 0 Å². The lowest BCUT2D eigenvalue weighted by molar-refractivity contribution is 0.838. The lowest BCUT2D eigenvalue weighted by atomic mass is 10.1. The van der Waals surface area contributed by atoms with E-state index in [1.165, 1.54) is 23.7 Å². The highest BCUT2D eigenvalue weighted by Crippen LogP contribution is 2.44. The first-order valence-corrected chi connectivity index (χ1v) is 5.89. The molecule has 3 rings (SSSR count). The van der Waals surface area contributed by atoms with E-state index in [2.05, 4.69) is 42.8 Å². The highest BCUT2D eigenvalue weighted by atomic mass is 15.0. The number of rotatable bonds is 2. The molecule has 2 aromatic rings. The van der Waals surface area contributed by atoms with Crippen molar-refractivity contribution in [2.45, 2.75) is 32.1 Å². The molecule has 0 amide bonds. The predicted octanol–water partition coefficient (Wildman–Crippen LogP) is 3.62. The van der Waals surface area contributed by atoms with Crippen LogP contribution in [0.3, 0.4) is 0 Å². The molecule has 0 bridgehead atoms. The first kappa shape index (κ1) is 9.02. The van der Waals surface area contributed by atoms with Crippen LogP contribution in [0.1, 0.15) is 36.9 Å². The second-order valence-electron chi connectivity index (χ2n) is 4.57. The summed E-state index contributed by atoms with van der Waals surface area (Å²) < 4.78 is 2.41. The molecule has 78 valence electrons. The molecule has 0 spiro atoms. The van der Waals surface area contributed by atoms with Crippen LogP contribution in [-0.2, 0) is 13.5 Å². The van der Waals surface area contributed by atoms with Gasteiger partial charge in [0.05, 0.1) is 0 Å². The van der Waals surface area contributed by atoms with Crippen LogP contribution >= 0.6 is 0 Å². The van der Waals surface area contributed by atoms with E-state index in [0.717, 1.165) is 12.3 Å². The molecule has 0 atom stereocenters. The lowest BCUT2D eigenvalue weighted by Gasteiger charge is -2.04. The molecule has 0 unspecified atom stereocenters. The third-order valence-corrected chi connectivity index (χ3v) is 3.58. The average molecular weight is 199 g/mol. The van der Waals surface area contributed by atoms with E-state index in [-0.39, 0.29) is 0 Å².